The van der Waals surface area contributed by atoms with E-state index in [1.165, 1.54) is 36.6 Å². The largest absolute Gasteiger partial charge is 0.383 e. The highest BCUT2D eigenvalue weighted by molar-refractivity contribution is 7.16. The number of fused-ring (bicyclic) bond motifs is 1. The molecule has 0 aliphatic carbocycles. The maximum absolute atomic E-state index is 14.4. The summed E-state index contributed by atoms with van der Waals surface area (Å²) in [5.41, 5.74) is 0.705. The number of methoxy groups -OCH3 is 1. The highest BCUT2D eigenvalue weighted by atomic mass is 32.1. The van der Waals surface area contributed by atoms with Crippen LogP contribution in [-0.2, 0) is 16.0 Å². The summed E-state index contributed by atoms with van der Waals surface area (Å²) in [7, 11) is 1.53. The van der Waals surface area contributed by atoms with E-state index in [4.69, 9.17) is 9.47 Å². The van der Waals surface area contributed by atoms with E-state index in [-0.39, 0.29) is 11.3 Å². The lowest BCUT2D eigenvalue weighted by atomic mass is 10.1. The van der Waals surface area contributed by atoms with Crippen molar-refractivity contribution in [1.82, 2.24) is 4.57 Å². The summed E-state index contributed by atoms with van der Waals surface area (Å²) in [6, 6.07) is 9.01. The molecule has 3 aromatic rings. The van der Waals surface area contributed by atoms with E-state index in [0.29, 0.717) is 60.2 Å². The quantitative estimate of drug-likeness (QED) is 0.414. The topological polar surface area (TPSA) is 99.2 Å². The maximum atomic E-state index is 14.4. The van der Waals surface area contributed by atoms with Crippen molar-refractivity contribution in [1.29, 1.82) is 0 Å². The lowest BCUT2D eigenvalue weighted by Gasteiger charge is -2.28. The Morgan fingerprint density at radius 2 is 2.09 bits per heavy atom. The molecule has 0 N–H and O–H groups in total. The van der Waals surface area contributed by atoms with Gasteiger partial charge in [-0.2, -0.15) is 4.99 Å². The van der Waals surface area contributed by atoms with E-state index in [1.54, 1.807) is 22.8 Å². The zero-order chi connectivity index (χ0) is 22.7. The number of carbonyl (C=O) groups is 1. The molecule has 1 saturated heterocycles. The first-order chi connectivity index (χ1) is 15.5. The summed E-state index contributed by atoms with van der Waals surface area (Å²) < 4.78 is 27.1. The zero-order valence-electron chi connectivity index (χ0n) is 17.3. The maximum Gasteiger partial charge on any atom is 0.293 e. The van der Waals surface area contributed by atoms with Gasteiger partial charge in [0.1, 0.15) is 11.5 Å². The summed E-state index contributed by atoms with van der Waals surface area (Å²) in [5, 5.41) is 11.7. The minimum atomic E-state index is -0.639. The number of benzene rings is 2. The molecule has 1 amide bonds. The van der Waals surface area contributed by atoms with Gasteiger partial charge in [-0.1, -0.05) is 17.4 Å². The van der Waals surface area contributed by atoms with Crippen LogP contribution >= 0.6 is 11.3 Å². The molecule has 0 atom stereocenters. The van der Waals surface area contributed by atoms with Crippen molar-refractivity contribution in [3.05, 3.63) is 62.7 Å². The Morgan fingerprint density at radius 1 is 1.31 bits per heavy atom. The van der Waals surface area contributed by atoms with Crippen LogP contribution in [0.5, 0.6) is 0 Å². The van der Waals surface area contributed by atoms with Crippen molar-refractivity contribution in [2.75, 3.05) is 44.9 Å². The molecule has 1 fully saturated rings. The fourth-order valence-corrected chi connectivity index (χ4v) is 4.66. The van der Waals surface area contributed by atoms with Gasteiger partial charge in [0.25, 0.3) is 11.6 Å². The Morgan fingerprint density at radius 3 is 2.81 bits per heavy atom. The third-order valence-electron chi connectivity index (χ3n) is 5.14. The summed E-state index contributed by atoms with van der Waals surface area (Å²) in [6.45, 7) is 2.64. The third-order valence-corrected chi connectivity index (χ3v) is 6.18. The summed E-state index contributed by atoms with van der Waals surface area (Å²) in [4.78, 5) is 30.4. The Balaban J connectivity index is 1.75. The molecule has 0 radical (unpaired) electrons. The highest BCUT2D eigenvalue weighted by Crippen LogP contribution is 2.30. The molecule has 0 spiro atoms. The minimum absolute atomic E-state index is 0.0879. The van der Waals surface area contributed by atoms with E-state index >= 15 is 0 Å². The van der Waals surface area contributed by atoms with Crippen molar-refractivity contribution < 1.29 is 23.6 Å². The number of nitro benzene ring substituents is 1. The number of nitro groups is 1. The number of morpholine rings is 1. The van der Waals surface area contributed by atoms with Crippen LogP contribution in [0.1, 0.15) is 10.4 Å². The van der Waals surface area contributed by atoms with Crippen LogP contribution in [0.25, 0.3) is 10.2 Å². The summed E-state index contributed by atoms with van der Waals surface area (Å²) >= 11 is 1.17. The van der Waals surface area contributed by atoms with Crippen LogP contribution in [0.2, 0.25) is 0 Å². The molecule has 4 rings (SSSR count). The first kappa shape index (κ1) is 22.1. The van der Waals surface area contributed by atoms with Crippen LogP contribution in [0.3, 0.4) is 0 Å². The molecule has 2 heterocycles. The Bertz CT molecular complexity index is 1230. The van der Waals surface area contributed by atoms with Crippen LogP contribution < -0.4 is 9.70 Å². The van der Waals surface area contributed by atoms with Gasteiger partial charge in [0, 0.05) is 38.4 Å². The number of anilines is 1. The fourth-order valence-electron chi connectivity index (χ4n) is 3.59. The normalized spacial score (nSPS) is 14.8. The monoisotopic (exact) mass is 460 g/mol. The molecule has 0 saturated carbocycles. The molecule has 1 aliphatic rings. The molecule has 0 unspecified atom stereocenters. The van der Waals surface area contributed by atoms with E-state index in [1.807, 2.05) is 4.90 Å². The van der Waals surface area contributed by atoms with Gasteiger partial charge in [0.15, 0.2) is 4.80 Å². The van der Waals surface area contributed by atoms with E-state index < -0.39 is 16.6 Å². The molecule has 0 bridgehead atoms. The number of ether oxygens (including phenoxy) is 2. The van der Waals surface area contributed by atoms with Gasteiger partial charge in [-0.3, -0.25) is 14.9 Å². The van der Waals surface area contributed by atoms with Gasteiger partial charge in [-0.05, 0) is 24.3 Å². The number of rotatable bonds is 6. The van der Waals surface area contributed by atoms with Gasteiger partial charge in [0.2, 0.25) is 0 Å². The number of aromatic nitrogens is 1. The molecular formula is C21H21FN4O5S. The van der Waals surface area contributed by atoms with Gasteiger partial charge in [-0.25, -0.2) is 4.39 Å². The van der Waals surface area contributed by atoms with Gasteiger partial charge < -0.3 is 18.9 Å². The number of halogens is 1. The van der Waals surface area contributed by atoms with Crippen molar-refractivity contribution in [2.24, 2.45) is 4.99 Å². The lowest BCUT2D eigenvalue weighted by Crippen LogP contribution is -2.36. The lowest BCUT2D eigenvalue weighted by molar-refractivity contribution is -0.384. The minimum Gasteiger partial charge on any atom is -0.383 e. The van der Waals surface area contributed by atoms with Crippen LogP contribution in [0, 0.1) is 15.9 Å². The molecule has 32 heavy (non-hydrogen) atoms. The number of hydrogen-bond acceptors (Lipinski definition) is 7. The number of amides is 1. The van der Waals surface area contributed by atoms with Crippen LogP contribution in [0.15, 0.2) is 41.4 Å². The number of carbonyl (C=O) groups excluding carboxylic acids is 1. The SMILES string of the molecule is COCCn1c(=NC(=O)c2ccc(N3CCOCC3)c([N+](=O)[O-])c2)sc2cccc(F)c21. The van der Waals surface area contributed by atoms with E-state index in [0.717, 1.165) is 0 Å². The molecule has 2 aromatic carbocycles. The first-order valence-corrected chi connectivity index (χ1v) is 10.8. The zero-order valence-corrected chi connectivity index (χ0v) is 18.1. The van der Waals surface area contributed by atoms with Crippen LogP contribution in [-0.4, -0.2) is 55.4 Å². The first-order valence-electron chi connectivity index (χ1n) is 9.96. The average Bonchev–Trinajstić information content (AvgIpc) is 3.15. The second-order valence-corrected chi connectivity index (χ2v) is 8.10. The molecular weight excluding hydrogens is 439 g/mol. The van der Waals surface area contributed by atoms with Gasteiger partial charge >= 0.3 is 0 Å². The fraction of sp³-hybridized carbons (Fsp3) is 0.333. The number of para-hydroxylation sites is 1. The number of thiazole rings is 1. The van der Waals surface area contributed by atoms with Crippen LogP contribution in [0.4, 0.5) is 15.8 Å². The van der Waals surface area contributed by atoms with Gasteiger partial charge in [-0.15, -0.1) is 0 Å². The molecule has 9 nitrogen and oxygen atoms in total. The standard InChI is InChI=1S/C21H21FN4O5S/c1-30-10-9-25-19-15(22)3-2-4-18(19)32-21(25)23-20(27)14-5-6-16(17(13-14)26(28)29)24-7-11-31-12-8-24/h2-6,13H,7-12H2,1H3. The van der Waals surface area contributed by atoms with E-state index in [2.05, 4.69) is 4.99 Å². The average molecular weight is 460 g/mol. The number of nitrogens with zero attached hydrogens (tertiary/aromatic N) is 4. The number of hydrogen-bond donors (Lipinski definition) is 0. The Kier molecular flexibility index (Phi) is 6.58. The molecule has 11 heteroatoms. The molecule has 168 valence electrons. The summed E-state index contributed by atoms with van der Waals surface area (Å²) in [5.74, 6) is -1.06. The van der Waals surface area contributed by atoms with Crippen molar-refractivity contribution in [3.8, 4) is 0 Å². The predicted octanol–water partition coefficient (Wildman–Crippen LogP) is 2.97. The Hall–Kier alpha value is -3.15. The second-order valence-electron chi connectivity index (χ2n) is 7.09. The van der Waals surface area contributed by atoms with Crippen molar-refractivity contribution in [2.45, 2.75) is 6.54 Å². The van der Waals surface area contributed by atoms with Gasteiger partial charge in [0.05, 0.1) is 35.0 Å². The predicted molar refractivity (Wildman–Crippen MR) is 118 cm³/mol. The highest BCUT2D eigenvalue weighted by Gasteiger charge is 2.23. The smallest absolute Gasteiger partial charge is 0.293 e. The molecule has 1 aliphatic heterocycles. The second kappa shape index (κ2) is 9.55. The molecule has 1 aromatic heterocycles. The van der Waals surface area contributed by atoms with E-state index in [9.17, 15) is 19.3 Å². The van der Waals surface area contributed by atoms with Crippen molar-refractivity contribution in [3.63, 3.8) is 0 Å². The summed E-state index contributed by atoms with van der Waals surface area (Å²) in [6.07, 6.45) is 0. The van der Waals surface area contributed by atoms with Crippen molar-refractivity contribution >= 4 is 38.8 Å². The Labute approximate surface area is 186 Å². The third kappa shape index (κ3) is 4.40.